The predicted molar refractivity (Wildman–Crippen MR) is 113 cm³/mol. The molecular weight excluding hydrogens is 312 g/mol. The van der Waals surface area contributed by atoms with Gasteiger partial charge in [0.25, 0.3) is 0 Å². The monoisotopic (exact) mass is 354 g/mol. The number of fused-ring (bicyclic) bond motifs is 5. The zero-order chi connectivity index (χ0) is 18.5. The quantitative estimate of drug-likeness (QED) is 0.472. The molecule has 0 N–H and O–H groups in total. The van der Waals surface area contributed by atoms with E-state index in [1.807, 2.05) is 0 Å². The minimum Gasteiger partial charge on any atom is -0.0842 e. The van der Waals surface area contributed by atoms with Crippen LogP contribution in [-0.2, 0) is 0 Å². The largest absolute Gasteiger partial charge is 0.0842 e. The van der Waals surface area contributed by atoms with Crippen LogP contribution in [0.2, 0.25) is 0 Å². The number of hydrogen-bond acceptors (Lipinski definition) is 0. The molecule has 2 fully saturated rings. The first-order valence-corrected chi connectivity index (χ1v) is 11.7. The molecule has 0 aromatic carbocycles. The molecule has 0 spiro atoms. The van der Waals surface area contributed by atoms with E-state index in [0.717, 1.165) is 35.5 Å². The van der Waals surface area contributed by atoms with E-state index in [1.165, 1.54) is 57.8 Å². The fraction of sp³-hybridized carbons (Fsp3) is 0.846. The molecule has 4 aliphatic rings. The zero-order valence-corrected chi connectivity index (χ0v) is 18.1. The van der Waals surface area contributed by atoms with Crippen molar-refractivity contribution >= 4 is 0 Å². The maximum absolute atomic E-state index is 2.76. The summed E-state index contributed by atoms with van der Waals surface area (Å²) in [4.78, 5) is 0. The molecule has 0 aliphatic heterocycles. The topological polar surface area (TPSA) is 0 Å². The summed E-state index contributed by atoms with van der Waals surface area (Å²) in [7, 11) is 0. The molecule has 0 unspecified atom stereocenters. The summed E-state index contributed by atoms with van der Waals surface area (Å²) in [6.45, 7) is 12.6. The Labute approximate surface area is 162 Å². The SMILES string of the molecule is CC(C)CCC[C@H](C)[C@H]1CC[C@H]2[C@H]3C=C4C=CCC[C@]4(C)[C@@H]3CC[C@]12C. The molecule has 0 nitrogen and oxygen atoms in total. The standard InChI is InChI=1S/C26H42/c1-18(2)9-8-10-19(3)22-12-13-23-21-17-20-11-6-7-15-25(20,4)24(21)14-16-26(22,23)5/h6,11,17-19,21-24H,7-10,12-16H2,1-5H3/t19-,21+,22+,23-,24+,25-,26+/m0/s1. The van der Waals surface area contributed by atoms with Gasteiger partial charge in [-0.1, -0.05) is 72.1 Å². The lowest BCUT2D eigenvalue weighted by molar-refractivity contribution is -0.0102. The van der Waals surface area contributed by atoms with Gasteiger partial charge in [-0.25, -0.2) is 0 Å². The third-order valence-corrected chi connectivity index (χ3v) is 9.51. The first-order chi connectivity index (χ1) is 12.4. The van der Waals surface area contributed by atoms with Gasteiger partial charge < -0.3 is 0 Å². The molecule has 0 aromatic heterocycles. The second-order valence-electron chi connectivity index (χ2n) is 11.3. The average molecular weight is 355 g/mol. The van der Waals surface area contributed by atoms with Gasteiger partial charge in [0.05, 0.1) is 0 Å². The molecule has 26 heavy (non-hydrogen) atoms. The Bertz CT molecular complexity index is 581. The van der Waals surface area contributed by atoms with E-state index in [9.17, 15) is 0 Å². The van der Waals surface area contributed by atoms with Crippen molar-refractivity contribution in [1.82, 2.24) is 0 Å². The average Bonchev–Trinajstić information content (AvgIpc) is 3.08. The lowest BCUT2D eigenvalue weighted by atomic mass is 9.53. The third-order valence-electron chi connectivity index (χ3n) is 9.51. The highest BCUT2D eigenvalue weighted by atomic mass is 14.6. The Balaban J connectivity index is 1.50. The minimum absolute atomic E-state index is 0.502. The van der Waals surface area contributed by atoms with Crippen molar-refractivity contribution in [2.24, 2.45) is 46.3 Å². The highest BCUT2D eigenvalue weighted by Gasteiger charge is 2.59. The van der Waals surface area contributed by atoms with Crippen molar-refractivity contribution in [3.63, 3.8) is 0 Å². The van der Waals surface area contributed by atoms with Crippen molar-refractivity contribution in [2.75, 3.05) is 0 Å². The summed E-state index contributed by atoms with van der Waals surface area (Å²) in [5, 5.41) is 0. The van der Waals surface area contributed by atoms with Gasteiger partial charge >= 0.3 is 0 Å². The van der Waals surface area contributed by atoms with Crippen LogP contribution in [0.4, 0.5) is 0 Å². The van der Waals surface area contributed by atoms with Gasteiger partial charge in [0.1, 0.15) is 0 Å². The molecule has 0 bridgehead atoms. The number of allylic oxidation sites excluding steroid dienone is 4. The summed E-state index contributed by atoms with van der Waals surface area (Å²) < 4.78 is 0. The van der Waals surface area contributed by atoms with Crippen LogP contribution in [0.15, 0.2) is 23.8 Å². The molecule has 0 radical (unpaired) electrons. The third kappa shape index (κ3) is 2.85. The van der Waals surface area contributed by atoms with Gasteiger partial charge in [0, 0.05) is 0 Å². The smallest absolute Gasteiger partial charge is 0.00415 e. The summed E-state index contributed by atoms with van der Waals surface area (Å²) >= 11 is 0. The second kappa shape index (κ2) is 6.82. The van der Waals surface area contributed by atoms with Crippen LogP contribution >= 0.6 is 0 Å². The van der Waals surface area contributed by atoms with Crippen LogP contribution in [0.1, 0.15) is 92.4 Å². The first-order valence-electron chi connectivity index (χ1n) is 11.7. The summed E-state index contributed by atoms with van der Waals surface area (Å²) in [5.74, 6) is 5.55. The molecule has 2 saturated carbocycles. The summed E-state index contributed by atoms with van der Waals surface area (Å²) in [6, 6.07) is 0. The van der Waals surface area contributed by atoms with Crippen LogP contribution in [0.5, 0.6) is 0 Å². The van der Waals surface area contributed by atoms with E-state index in [1.54, 1.807) is 5.57 Å². The minimum atomic E-state index is 0.502. The van der Waals surface area contributed by atoms with Crippen LogP contribution < -0.4 is 0 Å². The van der Waals surface area contributed by atoms with Gasteiger partial charge in [-0.15, -0.1) is 0 Å². The van der Waals surface area contributed by atoms with Crippen LogP contribution in [0.25, 0.3) is 0 Å². The molecule has 4 aliphatic carbocycles. The summed E-state index contributed by atoms with van der Waals surface area (Å²) in [6.07, 6.45) is 20.7. The molecule has 146 valence electrons. The number of hydrogen-bond donors (Lipinski definition) is 0. The molecule has 4 rings (SSSR count). The molecule has 7 atom stereocenters. The van der Waals surface area contributed by atoms with E-state index in [2.05, 4.69) is 52.8 Å². The maximum Gasteiger partial charge on any atom is -0.00415 e. The molecule has 0 saturated heterocycles. The van der Waals surface area contributed by atoms with Crippen LogP contribution in [-0.4, -0.2) is 0 Å². The summed E-state index contributed by atoms with van der Waals surface area (Å²) in [5.41, 5.74) is 2.82. The van der Waals surface area contributed by atoms with Crippen molar-refractivity contribution in [2.45, 2.75) is 92.4 Å². The Morgan fingerprint density at radius 3 is 2.58 bits per heavy atom. The van der Waals surface area contributed by atoms with Gasteiger partial charge in [-0.2, -0.15) is 0 Å². The lowest BCUT2D eigenvalue weighted by Gasteiger charge is -2.51. The Kier molecular flexibility index (Phi) is 4.94. The van der Waals surface area contributed by atoms with Gasteiger partial charge in [0.15, 0.2) is 0 Å². The Hall–Kier alpha value is -0.520. The lowest BCUT2D eigenvalue weighted by Crippen LogP contribution is -2.44. The molecule has 0 aromatic rings. The molecular formula is C26H42. The Morgan fingerprint density at radius 2 is 1.81 bits per heavy atom. The zero-order valence-electron chi connectivity index (χ0n) is 18.1. The normalized spacial score (nSPS) is 45.2. The van der Waals surface area contributed by atoms with E-state index in [0.29, 0.717) is 10.8 Å². The van der Waals surface area contributed by atoms with Crippen molar-refractivity contribution in [3.05, 3.63) is 23.8 Å². The highest BCUT2D eigenvalue weighted by molar-refractivity contribution is 5.37. The first kappa shape index (κ1) is 18.8. The molecule has 0 heterocycles. The second-order valence-corrected chi connectivity index (χ2v) is 11.3. The van der Waals surface area contributed by atoms with E-state index in [4.69, 9.17) is 0 Å². The van der Waals surface area contributed by atoms with E-state index < -0.39 is 0 Å². The number of rotatable bonds is 5. The fourth-order valence-corrected chi connectivity index (χ4v) is 7.98. The maximum atomic E-state index is 2.76. The fourth-order valence-electron chi connectivity index (χ4n) is 7.98. The van der Waals surface area contributed by atoms with Gasteiger partial charge in [-0.05, 0) is 90.4 Å². The van der Waals surface area contributed by atoms with Crippen molar-refractivity contribution in [1.29, 1.82) is 0 Å². The Morgan fingerprint density at radius 1 is 1.00 bits per heavy atom. The van der Waals surface area contributed by atoms with E-state index in [-0.39, 0.29) is 0 Å². The predicted octanol–water partition coefficient (Wildman–Crippen LogP) is 7.80. The van der Waals surface area contributed by atoms with E-state index >= 15 is 0 Å². The highest BCUT2D eigenvalue weighted by Crippen LogP contribution is 2.67. The molecule has 0 amide bonds. The van der Waals surface area contributed by atoms with Crippen molar-refractivity contribution < 1.29 is 0 Å². The van der Waals surface area contributed by atoms with Gasteiger partial charge in [0.2, 0.25) is 0 Å². The molecule has 0 heteroatoms. The van der Waals surface area contributed by atoms with Crippen molar-refractivity contribution in [3.8, 4) is 0 Å². The van der Waals surface area contributed by atoms with Crippen LogP contribution in [0, 0.1) is 46.3 Å². The van der Waals surface area contributed by atoms with Gasteiger partial charge in [-0.3, -0.25) is 0 Å². The van der Waals surface area contributed by atoms with Crippen LogP contribution in [0.3, 0.4) is 0 Å².